The molecule has 4 atom stereocenters. The number of fused-ring (bicyclic) bond motifs is 1. The number of nitrogens with zero attached hydrogens (tertiary/aromatic N) is 1. The van der Waals surface area contributed by atoms with E-state index < -0.39 is 10.0 Å². The molecular formula is C18H25N3O4S. The molecule has 2 aliphatic heterocycles. The number of sulfonamides is 1. The van der Waals surface area contributed by atoms with Crippen LogP contribution in [0.15, 0.2) is 23.1 Å². The number of primary sulfonamides is 1. The van der Waals surface area contributed by atoms with Crippen LogP contribution in [0.3, 0.4) is 0 Å². The van der Waals surface area contributed by atoms with E-state index in [0.717, 1.165) is 31.7 Å². The summed E-state index contributed by atoms with van der Waals surface area (Å²) in [6.45, 7) is 4.63. The maximum absolute atomic E-state index is 12.9. The Bertz CT molecular complexity index is 815. The number of nitrogens with one attached hydrogen (secondary N) is 1. The first-order valence-electron chi connectivity index (χ1n) is 9.16. The van der Waals surface area contributed by atoms with Crippen molar-refractivity contribution in [2.24, 2.45) is 11.1 Å². The summed E-state index contributed by atoms with van der Waals surface area (Å²) in [7, 11) is -3.84. The summed E-state index contributed by atoms with van der Waals surface area (Å²) in [5.74, 6) is 0.0961. The smallest absolute Gasteiger partial charge is 0.251 e. The summed E-state index contributed by atoms with van der Waals surface area (Å²) in [6, 6.07) is 4.68. The van der Waals surface area contributed by atoms with E-state index in [1.54, 1.807) is 13.0 Å². The van der Waals surface area contributed by atoms with E-state index in [1.165, 1.54) is 25.0 Å². The highest BCUT2D eigenvalue weighted by atomic mass is 32.2. The highest BCUT2D eigenvalue weighted by molar-refractivity contribution is 7.89. The van der Waals surface area contributed by atoms with Gasteiger partial charge in [-0.15, -0.1) is 0 Å². The number of carbonyl (C=O) groups excluding carboxylic acids is 1. The Labute approximate surface area is 153 Å². The number of amides is 1. The molecule has 1 aromatic carbocycles. The van der Waals surface area contributed by atoms with E-state index in [9.17, 15) is 13.2 Å². The number of aryl methyl sites for hydroxylation is 1. The molecular weight excluding hydrogens is 354 g/mol. The molecule has 1 aromatic rings. The Hall–Kier alpha value is -1.48. The molecule has 0 radical (unpaired) electrons. The first-order valence-corrected chi connectivity index (χ1v) is 10.7. The van der Waals surface area contributed by atoms with Gasteiger partial charge >= 0.3 is 0 Å². The van der Waals surface area contributed by atoms with Gasteiger partial charge in [-0.3, -0.25) is 9.69 Å². The summed E-state index contributed by atoms with van der Waals surface area (Å²) in [6.07, 6.45) is 3.53. The highest BCUT2D eigenvalue weighted by Crippen LogP contribution is 2.43. The van der Waals surface area contributed by atoms with E-state index in [-0.39, 0.29) is 29.0 Å². The fourth-order valence-electron chi connectivity index (χ4n) is 4.59. The van der Waals surface area contributed by atoms with Crippen LogP contribution in [0.2, 0.25) is 0 Å². The minimum Gasteiger partial charge on any atom is -0.376 e. The Kier molecular flexibility index (Phi) is 4.54. The summed E-state index contributed by atoms with van der Waals surface area (Å²) in [5, 5.41) is 8.36. The first-order chi connectivity index (χ1) is 12.4. The van der Waals surface area contributed by atoms with Crippen LogP contribution >= 0.6 is 0 Å². The molecule has 7 nitrogen and oxygen atoms in total. The molecule has 1 amide bonds. The van der Waals surface area contributed by atoms with Gasteiger partial charge in [0.25, 0.3) is 5.91 Å². The molecule has 3 N–H and O–H groups in total. The zero-order chi connectivity index (χ0) is 18.5. The van der Waals surface area contributed by atoms with Crippen molar-refractivity contribution in [3.8, 4) is 0 Å². The minimum absolute atomic E-state index is 0.0416. The van der Waals surface area contributed by atoms with Crippen LogP contribution in [0.5, 0.6) is 0 Å². The average Bonchev–Trinajstić information content (AvgIpc) is 3.23. The SMILES string of the molecule is Cc1ccc(S(N)(=O)=O)cc1C(=O)N[C@@H]1[C@@H]2CCO[C@@H]2[C@H]1N1CCCC1. The van der Waals surface area contributed by atoms with Crippen molar-refractivity contribution in [2.75, 3.05) is 19.7 Å². The van der Waals surface area contributed by atoms with E-state index in [4.69, 9.17) is 9.88 Å². The van der Waals surface area contributed by atoms with Crippen molar-refractivity contribution in [3.63, 3.8) is 0 Å². The average molecular weight is 379 g/mol. The predicted octanol–water partition coefficient (Wildman–Crippen LogP) is 0.624. The van der Waals surface area contributed by atoms with Crippen LogP contribution in [0.4, 0.5) is 0 Å². The second-order valence-electron chi connectivity index (χ2n) is 7.54. The molecule has 2 saturated heterocycles. The molecule has 142 valence electrons. The topological polar surface area (TPSA) is 102 Å². The Morgan fingerprint density at radius 1 is 1.31 bits per heavy atom. The lowest BCUT2D eigenvalue weighted by Crippen LogP contribution is -2.70. The van der Waals surface area contributed by atoms with Crippen LogP contribution < -0.4 is 10.5 Å². The molecule has 4 rings (SSSR count). The molecule has 1 aliphatic carbocycles. The first kappa shape index (κ1) is 17.9. The van der Waals surface area contributed by atoms with Gasteiger partial charge in [-0.25, -0.2) is 13.6 Å². The van der Waals surface area contributed by atoms with Crippen LogP contribution in [-0.2, 0) is 14.8 Å². The molecule has 2 heterocycles. The number of rotatable bonds is 4. The van der Waals surface area contributed by atoms with E-state index in [2.05, 4.69) is 10.2 Å². The summed E-state index contributed by atoms with van der Waals surface area (Å²) in [5.41, 5.74) is 1.09. The fourth-order valence-corrected chi connectivity index (χ4v) is 5.13. The molecule has 8 heteroatoms. The summed E-state index contributed by atoms with van der Waals surface area (Å²) < 4.78 is 29.1. The Morgan fingerprint density at radius 3 is 2.73 bits per heavy atom. The van der Waals surface area contributed by atoms with Gasteiger partial charge in [-0.1, -0.05) is 6.07 Å². The zero-order valence-electron chi connectivity index (χ0n) is 14.8. The van der Waals surface area contributed by atoms with E-state index >= 15 is 0 Å². The number of hydrogen-bond donors (Lipinski definition) is 2. The van der Waals surface area contributed by atoms with Gasteiger partial charge in [0.15, 0.2) is 0 Å². The maximum atomic E-state index is 12.9. The van der Waals surface area contributed by atoms with Crippen LogP contribution in [0.25, 0.3) is 0 Å². The normalized spacial score (nSPS) is 31.5. The van der Waals surface area contributed by atoms with Crippen LogP contribution in [0, 0.1) is 12.8 Å². The van der Waals surface area contributed by atoms with Crippen molar-refractivity contribution in [1.82, 2.24) is 10.2 Å². The lowest BCUT2D eigenvalue weighted by Gasteiger charge is -2.51. The van der Waals surface area contributed by atoms with Crippen molar-refractivity contribution < 1.29 is 17.9 Å². The number of benzene rings is 1. The van der Waals surface area contributed by atoms with Gasteiger partial charge < -0.3 is 10.1 Å². The lowest BCUT2D eigenvalue weighted by atomic mass is 9.70. The van der Waals surface area contributed by atoms with Gasteiger partial charge in [0.1, 0.15) is 0 Å². The molecule has 3 aliphatic rings. The molecule has 0 bridgehead atoms. The Balaban J connectivity index is 1.55. The van der Waals surface area contributed by atoms with Crippen LogP contribution in [-0.4, -0.2) is 57.1 Å². The number of carbonyl (C=O) groups is 1. The second-order valence-corrected chi connectivity index (χ2v) is 9.10. The third-order valence-electron chi connectivity index (χ3n) is 5.99. The molecule has 1 saturated carbocycles. The maximum Gasteiger partial charge on any atom is 0.251 e. The van der Waals surface area contributed by atoms with Gasteiger partial charge in [-0.2, -0.15) is 0 Å². The summed E-state index contributed by atoms with van der Waals surface area (Å²) >= 11 is 0. The molecule has 0 unspecified atom stereocenters. The van der Waals surface area contributed by atoms with Crippen molar-refractivity contribution in [2.45, 2.75) is 49.3 Å². The third-order valence-corrected chi connectivity index (χ3v) is 6.90. The van der Waals surface area contributed by atoms with Crippen molar-refractivity contribution in [3.05, 3.63) is 29.3 Å². The quantitative estimate of drug-likeness (QED) is 0.799. The van der Waals surface area contributed by atoms with Crippen molar-refractivity contribution >= 4 is 15.9 Å². The van der Waals surface area contributed by atoms with E-state index in [1.807, 2.05) is 0 Å². The number of likely N-dealkylation sites (tertiary alicyclic amines) is 1. The summed E-state index contributed by atoms with van der Waals surface area (Å²) in [4.78, 5) is 15.3. The zero-order valence-corrected chi connectivity index (χ0v) is 15.7. The highest BCUT2D eigenvalue weighted by Gasteiger charge is 2.56. The van der Waals surface area contributed by atoms with Crippen LogP contribution in [0.1, 0.15) is 35.2 Å². The molecule has 3 fully saturated rings. The predicted molar refractivity (Wildman–Crippen MR) is 96.2 cm³/mol. The lowest BCUT2D eigenvalue weighted by molar-refractivity contribution is -0.0747. The minimum atomic E-state index is -3.84. The number of ether oxygens (including phenoxy) is 1. The molecule has 0 aromatic heterocycles. The molecule has 26 heavy (non-hydrogen) atoms. The third kappa shape index (κ3) is 3.05. The fraction of sp³-hybridized carbons (Fsp3) is 0.611. The standard InChI is InChI=1S/C18H25N3O4S/c1-11-4-5-12(26(19,23)24)10-14(11)18(22)20-15-13-6-9-25-17(13)16(15)21-7-2-3-8-21/h4-5,10,13,15-17H,2-3,6-9H2,1H3,(H,20,22)(H2,19,23,24)/t13-,15+,16-,17-/m0/s1. The van der Waals surface area contributed by atoms with Gasteiger partial charge in [0.05, 0.1) is 23.1 Å². The van der Waals surface area contributed by atoms with Gasteiger partial charge in [-0.05, 0) is 57.0 Å². The Morgan fingerprint density at radius 2 is 2.04 bits per heavy atom. The monoisotopic (exact) mass is 379 g/mol. The van der Waals surface area contributed by atoms with Crippen molar-refractivity contribution in [1.29, 1.82) is 0 Å². The number of nitrogens with two attached hydrogens (primary N) is 1. The molecule has 0 spiro atoms. The second kappa shape index (κ2) is 6.60. The van der Waals surface area contributed by atoms with E-state index in [0.29, 0.717) is 11.5 Å². The largest absolute Gasteiger partial charge is 0.376 e. The van der Waals surface area contributed by atoms with Gasteiger partial charge in [0, 0.05) is 18.1 Å². The number of hydrogen-bond acceptors (Lipinski definition) is 5. The van der Waals surface area contributed by atoms with Gasteiger partial charge in [0.2, 0.25) is 10.0 Å².